The van der Waals surface area contributed by atoms with Crippen LogP contribution in [0.1, 0.15) is 10.4 Å². The van der Waals surface area contributed by atoms with E-state index in [0.29, 0.717) is 21.2 Å². The normalized spacial score (nSPS) is 13.8. The highest BCUT2D eigenvalue weighted by Gasteiger charge is 2.09. The molecule has 1 aromatic carbocycles. The monoisotopic (exact) mass is 191 g/mol. The summed E-state index contributed by atoms with van der Waals surface area (Å²) < 4.78 is 0. The second-order valence-corrected chi connectivity index (χ2v) is 3.14. The lowest BCUT2D eigenvalue weighted by atomic mass is 10.1. The van der Waals surface area contributed by atoms with Gasteiger partial charge in [-0.15, -0.1) is 0 Å². The summed E-state index contributed by atoms with van der Waals surface area (Å²) in [4.78, 5) is 15.4. The second kappa shape index (κ2) is 2.82. The Labute approximate surface area is 79.9 Å². The van der Waals surface area contributed by atoms with E-state index in [0.717, 1.165) is 0 Å². The van der Waals surface area contributed by atoms with Gasteiger partial charge in [0, 0.05) is 28.1 Å². The quantitative estimate of drug-likeness (QED) is 0.604. The maximum atomic E-state index is 11.3. The van der Waals surface area contributed by atoms with Crippen LogP contribution in [0.2, 0.25) is 5.02 Å². The Balaban J connectivity index is 2.94. The van der Waals surface area contributed by atoms with Gasteiger partial charge in [-0.2, -0.15) is 0 Å². The number of hydrogen-bond acceptors (Lipinski definition) is 2. The summed E-state index contributed by atoms with van der Waals surface area (Å²) in [6.45, 7) is 3.76. The Morgan fingerprint density at radius 1 is 1.38 bits per heavy atom. The highest BCUT2D eigenvalue weighted by Crippen LogP contribution is 2.03. The summed E-state index contributed by atoms with van der Waals surface area (Å²) in [6.07, 6.45) is 2.89. The average Bonchev–Trinajstić information content (AvgIpc) is 2.12. The molecule has 0 saturated carbocycles. The van der Waals surface area contributed by atoms with Gasteiger partial charge in [-0.05, 0) is 12.1 Å². The SMILES string of the molecule is C=c1c(Cl)ccc2c1=NC=CC2=O. The van der Waals surface area contributed by atoms with Gasteiger partial charge >= 0.3 is 0 Å². The molecular formula is C10H6ClNO. The fourth-order valence-corrected chi connectivity index (χ4v) is 1.38. The molecule has 0 N–H and O–H groups in total. The topological polar surface area (TPSA) is 29.4 Å². The van der Waals surface area contributed by atoms with Crippen molar-refractivity contribution in [3.05, 3.63) is 45.6 Å². The van der Waals surface area contributed by atoms with Crippen LogP contribution in [0.5, 0.6) is 0 Å². The van der Waals surface area contributed by atoms with Gasteiger partial charge in [-0.1, -0.05) is 18.2 Å². The highest BCUT2D eigenvalue weighted by molar-refractivity contribution is 6.30. The molecule has 0 amide bonds. The third kappa shape index (κ3) is 1.19. The molecular weight excluding hydrogens is 186 g/mol. The Bertz CT molecular complexity index is 516. The molecule has 1 aliphatic rings. The van der Waals surface area contributed by atoms with E-state index in [1.807, 2.05) is 0 Å². The number of nitrogens with zero attached hydrogens (tertiary/aromatic N) is 1. The van der Waals surface area contributed by atoms with Gasteiger partial charge in [0.15, 0.2) is 5.78 Å². The molecule has 1 heterocycles. The molecule has 0 fully saturated rings. The van der Waals surface area contributed by atoms with Crippen LogP contribution in [0.25, 0.3) is 6.58 Å². The van der Waals surface area contributed by atoms with Gasteiger partial charge in [0.1, 0.15) is 0 Å². The van der Waals surface area contributed by atoms with Gasteiger partial charge in [-0.25, -0.2) is 0 Å². The summed E-state index contributed by atoms with van der Waals surface area (Å²) in [6, 6.07) is 3.33. The zero-order valence-electron chi connectivity index (χ0n) is 6.75. The smallest absolute Gasteiger partial charge is 0.189 e. The molecule has 2 nitrogen and oxygen atoms in total. The van der Waals surface area contributed by atoms with Crippen molar-refractivity contribution in [1.29, 1.82) is 0 Å². The minimum Gasteiger partial charge on any atom is -0.289 e. The number of ketones is 1. The lowest BCUT2D eigenvalue weighted by Crippen LogP contribution is -2.31. The number of allylic oxidation sites excluding steroid dienone is 1. The Kier molecular flexibility index (Phi) is 1.78. The zero-order chi connectivity index (χ0) is 9.42. The van der Waals surface area contributed by atoms with Crippen molar-refractivity contribution in [2.75, 3.05) is 0 Å². The molecule has 0 bridgehead atoms. The molecule has 3 heteroatoms. The molecule has 0 spiro atoms. The summed E-state index contributed by atoms with van der Waals surface area (Å²) in [7, 11) is 0. The molecule has 0 aliphatic carbocycles. The summed E-state index contributed by atoms with van der Waals surface area (Å²) in [5.74, 6) is -0.0495. The van der Waals surface area contributed by atoms with Crippen LogP contribution in [-0.4, -0.2) is 5.78 Å². The van der Waals surface area contributed by atoms with Crippen LogP contribution < -0.4 is 10.6 Å². The number of fused-ring (bicyclic) bond motifs is 1. The van der Waals surface area contributed by atoms with Crippen LogP contribution >= 0.6 is 11.6 Å². The van der Waals surface area contributed by atoms with Crippen LogP contribution in [0.15, 0.2) is 29.4 Å². The van der Waals surface area contributed by atoms with Crippen molar-refractivity contribution in [3.8, 4) is 0 Å². The molecule has 0 unspecified atom stereocenters. The molecule has 64 valence electrons. The predicted molar refractivity (Wildman–Crippen MR) is 51.2 cm³/mol. The first kappa shape index (κ1) is 8.20. The average molecular weight is 192 g/mol. The summed E-state index contributed by atoms with van der Waals surface area (Å²) in [5.41, 5.74) is 0.567. The number of hydrogen-bond donors (Lipinski definition) is 0. The largest absolute Gasteiger partial charge is 0.289 e. The van der Waals surface area contributed by atoms with Crippen LogP contribution in [0.3, 0.4) is 0 Å². The van der Waals surface area contributed by atoms with E-state index in [1.165, 1.54) is 12.3 Å². The van der Waals surface area contributed by atoms with Crippen LogP contribution in [0.4, 0.5) is 0 Å². The zero-order valence-corrected chi connectivity index (χ0v) is 7.51. The fraction of sp³-hybridized carbons (Fsp3) is 0. The molecule has 0 saturated heterocycles. The van der Waals surface area contributed by atoms with Gasteiger partial charge in [0.05, 0.1) is 5.36 Å². The van der Waals surface area contributed by atoms with E-state index in [-0.39, 0.29) is 5.78 Å². The van der Waals surface area contributed by atoms with E-state index in [9.17, 15) is 4.79 Å². The van der Waals surface area contributed by atoms with Gasteiger partial charge < -0.3 is 0 Å². The van der Waals surface area contributed by atoms with Gasteiger partial charge in [0.2, 0.25) is 0 Å². The fourth-order valence-electron chi connectivity index (χ4n) is 1.23. The maximum Gasteiger partial charge on any atom is 0.189 e. The Morgan fingerprint density at radius 3 is 2.92 bits per heavy atom. The third-order valence-electron chi connectivity index (χ3n) is 1.92. The lowest BCUT2D eigenvalue weighted by molar-refractivity contribution is 0.104. The minimum absolute atomic E-state index is 0.0495. The van der Waals surface area contributed by atoms with Crippen LogP contribution in [-0.2, 0) is 0 Å². The molecule has 2 rings (SSSR count). The number of rotatable bonds is 0. The van der Waals surface area contributed by atoms with E-state index >= 15 is 0 Å². The van der Waals surface area contributed by atoms with E-state index in [1.54, 1.807) is 12.1 Å². The standard InChI is InChI=1S/C10H6ClNO/c1-6-8(11)3-2-7-9(13)4-5-12-10(6)7/h2-5H,1H2. The molecule has 0 aromatic heterocycles. The number of benzene rings is 1. The first-order valence-electron chi connectivity index (χ1n) is 3.76. The molecule has 0 atom stereocenters. The van der Waals surface area contributed by atoms with Crippen molar-refractivity contribution >= 4 is 24.0 Å². The van der Waals surface area contributed by atoms with Crippen molar-refractivity contribution in [1.82, 2.24) is 0 Å². The number of carbonyl (C=O) groups is 1. The van der Waals surface area contributed by atoms with Crippen molar-refractivity contribution in [2.45, 2.75) is 0 Å². The first-order chi connectivity index (χ1) is 6.20. The minimum atomic E-state index is -0.0495. The molecule has 1 aliphatic heterocycles. The number of carbonyl (C=O) groups excluding carboxylic acids is 1. The van der Waals surface area contributed by atoms with Crippen molar-refractivity contribution in [2.24, 2.45) is 4.99 Å². The summed E-state index contributed by atoms with van der Waals surface area (Å²) in [5, 5.41) is 1.72. The molecule has 1 aromatic rings. The first-order valence-corrected chi connectivity index (χ1v) is 4.14. The lowest BCUT2D eigenvalue weighted by Gasteiger charge is -2.02. The van der Waals surface area contributed by atoms with Gasteiger partial charge in [0.25, 0.3) is 0 Å². The molecule has 13 heavy (non-hydrogen) atoms. The number of halogens is 1. The van der Waals surface area contributed by atoms with Crippen molar-refractivity contribution in [3.63, 3.8) is 0 Å². The third-order valence-corrected chi connectivity index (χ3v) is 2.27. The van der Waals surface area contributed by atoms with Crippen molar-refractivity contribution < 1.29 is 4.79 Å². The van der Waals surface area contributed by atoms with E-state index < -0.39 is 0 Å². The Hall–Kier alpha value is -1.41. The maximum absolute atomic E-state index is 11.3. The summed E-state index contributed by atoms with van der Waals surface area (Å²) >= 11 is 5.84. The van der Waals surface area contributed by atoms with E-state index in [2.05, 4.69) is 11.6 Å². The second-order valence-electron chi connectivity index (χ2n) is 2.73. The van der Waals surface area contributed by atoms with Gasteiger partial charge in [-0.3, -0.25) is 9.79 Å². The Morgan fingerprint density at radius 2 is 2.15 bits per heavy atom. The van der Waals surface area contributed by atoms with Crippen LogP contribution in [0, 0.1) is 0 Å². The van der Waals surface area contributed by atoms with E-state index in [4.69, 9.17) is 11.6 Å². The highest BCUT2D eigenvalue weighted by atomic mass is 35.5. The molecule has 0 radical (unpaired) electrons. The predicted octanol–water partition coefficient (Wildman–Crippen LogP) is 1.08.